The Morgan fingerprint density at radius 1 is 1.04 bits per heavy atom. The fourth-order valence-corrected chi connectivity index (χ4v) is 2.50. The standard InChI is InChI=1S/C17H17N2O2S.Na/c1-14-8-12-17(13-9-14)22(20,21)19-18-15(2)10-11-16-6-4-3-5-7-16;/h3-13H,1-2H3;/q-1;+1/b11-10+,18-15+;. The van der Waals surface area contributed by atoms with Gasteiger partial charge in [-0.15, -0.1) is 0 Å². The van der Waals surface area contributed by atoms with Crippen LogP contribution in [-0.4, -0.2) is 14.1 Å². The second-order valence-electron chi connectivity index (χ2n) is 4.86. The zero-order chi connectivity index (χ0) is 16.0. The minimum absolute atomic E-state index is 0. The van der Waals surface area contributed by atoms with Crippen molar-refractivity contribution in [3.8, 4) is 0 Å². The Labute approximate surface area is 159 Å². The molecule has 0 radical (unpaired) electrons. The molecule has 0 bridgehead atoms. The number of allylic oxidation sites excluding steroid dienone is 1. The van der Waals surface area contributed by atoms with Gasteiger partial charge in [0.1, 0.15) is 10.0 Å². The summed E-state index contributed by atoms with van der Waals surface area (Å²) in [5, 5.41) is 3.78. The molecule has 0 aliphatic carbocycles. The second kappa shape index (κ2) is 9.03. The van der Waals surface area contributed by atoms with E-state index in [1.807, 2.05) is 43.3 Å². The van der Waals surface area contributed by atoms with Gasteiger partial charge in [-0.1, -0.05) is 54.1 Å². The smallest absolute Gasteiger partial charge is 0.490 e. The summed E-state index contributed by atoms with van der Waals surface area (Å²) < 4.78 is 24.0. The predicted molar refractivity (Wildman–Crippen MR) is 90.3 cm³/mol. The average molecular weight is 336 g/mol. The van der Waals surface area contributed by atoms with E-state index < -0.39 is 10.0 Å². The minimum Gasteiger partial charge on any atom is -0.490 e. The van der Waals surface area contributed by atoms with E-state index >= 15 is 0 Å². The molecule has 23 heavy (non-hydrogen) atoms. The number of aryl methyl sites for hydroxylation is 1. The third-order valence-electron chi connectivity index (χ3n) is 2.94. The van der Waals surface area contributed by atoms with E-state index in [0.29, 0.717) is 5.71 Å². The largest absolute Gasteiger partial charge is 1.00 e. The quantitative estimate of drug-likeness (QED) is 0.467. The molecule has 2 aromatic rings. The van der Waals surface area contributed by atoms with E-state index in [-0.39, 0.29) is 34.5 Å². The average Bonchev–Trinajstić information content (AvgIpc) is 2.52. The molecule has 2 aromatic carbocycles. The van der Waals surface area contributed by atoms with Gasteiger partial charge in [0.25, 0.3) is 0 Å². The first kappa shape index (κ1) is 19.6. The van der Waals surface area contributed by atoms with Crippen molar-refractivity contribution in [3.05, 3.63) is 76.6 Å². The molecule has 0 N–H and O–H groups in total. The summed E-state index contributed by atoms with van der Waals surface area (Å²) in [5.41, 5.74) is 2.52. The van der Waals surface area contributed by atoms with Gasteiger partial charge < -0.3 is 9.93 Å². The summed E-state index contributed by atoms with van der Waals surface area (Å²) in [7, 11) is -3.75. The minimum atomic E-state index is -3.75. The Kier molecular flexibility index (Phi) is 7.72. The maximum atomic E-state index is 12.0. The van der Waals surface area contributed by atoms with Crippen LogP contribution in [0.1, 0.15) is 18.1 Å². The van der Waals surface area contributed by atoms with E-state index in [4.69, 9.17) is 0 Å². The van der Waals surface area contributed by atoms with Crippen molar-refractivity contribution in [1.29, 1.82) is 0 Å². The number of sulfonamides is 1. The third-order valence-corrected chi connectivity index (χ3v) is 4.11. The fraction of sp³-hybridized carbons (Fsp3) is 0.118. The van der Waals surface area contributed by atoms with Gasteiger partial charge in [-0.05, 0) is 37.6 Å². The molecule has 0 saturated carbocycles. The van der Waals surface area contributed by atoms with E-state index in [1.54, 1.807) is 25.1 Å². The van der Waals surface area contributed by atoms with E-state index in [2.05, 4.69) is 9.93 Å². The Bertz CT molecular complexity index is 783. The molecule has 0 spiro atoms. The Morgan fingerprint density at radius 2 is 1.65 bits per heavy atom. The summed E-state index contributed by atoms with van der Waals surface area (Å²) >= 11 is 0. The first-order valence-corrected chi connectivity index (χ1v) is 8.23. The summed E-state index contributed by atoms with van der Waals surface area (Å²) in [6.07, 6.45) is 3.58. The molecular weight excluding hydrogens is 319 g/mol. The zero-order valence-corrected chi connectivity index (χ0v) is 16.3. The van der Waals surface area contributed by atoms with Crippen LogP contribution in [0.25, 0.3) is 10.9 Å². The number of hydrogen-bond donors (Lipinski definition) is 0. The molecule has 0 saturated heterocycles. The molecule has 0 amide bonds. The predicted octanol–water partition coefficient (Wildman–Crippen LogP) is 1.15. The van der Waals surface area contributed by atoms with Gasteiger partial charge >= 0.3 is 29.6 Å². The SMILES string of the molecule is CC(/C=C/c1ccccc1)=N\[N-]S(=O)(=O)c1ccc(C)cc1.[Na+]. The van der Waals surface area contributed by atoms with Gasteiger partial charge in [-0.25, -0.2) is 8.42 Å². The van der Waals surface area contributed by atoms with Crippen molar-refractivity contribution in [1.82, 2.24) is 0 Å². The maximum absolute atomic E-state index is 12.0. The van der Waals surface area contributed by atoms with Crippen LogP contribution in [0.4, 0.5) is 0 Å². The Morgan fingerprint density at radius 3 is 2.26 bits per heavy atom. The first-order valence-electron chi connectivity index (χ1n) is 6.79. The molecule has 4 nitrogen and oxygen atoms in total. The van der Waals surface area contributed by atoms with Crippen molar-refractivity contribution >= 4 is 21.8 Å². The Balaban J connectivity index is 0.00000264. The van der Waals surface area contributed by atoms with Crippen LogP contribution in [0.15, 0.2) is 70.7 Å². The van der Waals surface area contributed by atoms with Gasteiger partial charge in [0.2, 0.25) is 0 Å². The van der Waals surface area contributed by atoms with Gasteiger partial charge in [0.05, 0.1) is 4.90 Å². The molecule has 0 aliphatic heterocycles. The second-order valence-corrected chi connectivity index (χ2v) is 6.44. The van der Waals surface area contributed by atoms with Gasteiger partial charge in [-0.3, -0.25) is 0 Å². The van der Waals surface area contributed by atoms with E-state index in [0.717, 1.165) is 11.1 Å². The summed E-state index contributed by atoms with van der Waals surface area (Å²) in [6, 6.07) is 16.2. The van der Waals surface area contributed by atoms with Crippen LogP contribution in [0.3, 0.4) is 0 Å². The molecule has 2 rings (SSSR count). The van der Waals surface area contributed by atoms with Crippen molar-refractivity contribution in [3.63, 3.8) is 0 Å². The summed E-state index contributed by atoms with van der Waals surface area (Å²) in [5.74, 6) is 0. The number of benzene rings is 2. The first-order chi connectivity index (χ1) is 10.5. The van der Waals surface area contributed by atoms with Crippen molar-refractivity contribution in [2.45, 2.75) is 18.7 Å². The zero-order valence-electron chi connectivity index (χ0n) is 13.5. The number of nitrogens with zero attached hydrogens (tertiary/aromatic N) is 2. The van der Waals surface area contributed by atoms with Crippen LogP contribution in [0.2, 0.25) is 0 Å². The number of hydrogen-bond acceptors (Lipinski definition) is 3. The molecule has 0 atom stereocenters. The molecular formula is C17H17N2NaO2S. The van der Waals surface area contributed by atoms with Gasteiger partial charge in [-0.2, -0.15) is 0 Å². The Hall–Kier alpha value is -1.40. The van der Waals surface area contributed by atoms with Crippen LogP contribution in [-0.2, 0) is 10.0 Å². The molecule has 6 heteroatoms. The van der Waals surface area contributed by atoms with Crippen molar-refractivity contribution in [2.24, 2.45) is 5.10 Å². The molecule has 0 unspecified atom stereocenters. The van der Waals surface area contributed by atoms with Crippen LogP contribution in [0, 0.1) is 6.92 Å². The topological polar surface area (TPSA) is 60.6 Å². The summed E-state index contributed by atoms with van der Waals surface area (Å²) in [6.45, 7) is 3.60. The summed E-state index contributed by atoms with van der Waals surface area (Å²) in [4.78, 5) is 3.62. The van der Waals surface area contributed by atoms with Crippen molar-refractivity contribution in [2.75, 3.05) is 0 Å². The van der Waals surface area contributed by atoms with Crippen LogP contribution in [0.5, 0.6) is 0 Å². The third kappa shape index (κ3) is 6.31. The normalized spacial score (nSPS) is 12.0. The van der Waals surface area contributed by atoms with E-state index in [1.165, 1.54) is 12.1 Å². The van der Waals surface area contributed by atoms with Crippen molar-refractivity contribution < 1.29 is 38.0 Å². The van der Waals surface area contributed by atoms with Gasteiger partial charge in [0, 0.05) is 5.71 Å². The van der Waals surface area contributed by atoms with E-state index in [9.17, 15) is 8.42 Å². The molecule has 0 heterocycles. The van der Waals surface area contributed by atoms with Crippen LogP contribution >= 0.6 is 0 Å². The maximum Gasteiger partial charge on any atom is 1.00 e. The van der Waals surface area contributed by atoms with Gasteiger partial charge in [0.15, 0.2) is 0 Å². The number of rotatable bonds is 5. The van der Waals surface area contributed by atoms with Crippen LogP contribution < -0.4 is 29.6 Å². The molecule has 0 aromatic heterocycles. The molecule has 0 fully saturated rings. The fourth-order valence-electron chi connectivity index (χ4n) is 1.69. The molecule has 114 valence electrons. The monoisotopic (exact) mass is 336 g/mol. The molecule has 0 aliphatic rings.